The molecule has 1 fully saturated rings. The molecule has 1 atom stereocenters. The van der Waals surface area contributed by atoms with Gasteiger partial charge in [0.1, 0.15) is 0 Å². The Balaban J connectivity index is 1.60. The highest BCUT2D eigenvalue weighted by molar-refractivity contribution is 5.77. The predicted octanol–water partition coefficient (Wildman–Crippen LogP) is 3.86. The molecule has 1 aliphatic heterocycles. The van der Waals surface area contributed by atoms with Crippen LogP contribution in [0.4, 0.5) is 0 Å². The van der Waals surface area contributed by atoms with Gasteiger partial charge in [-0.15, -0.1) is 0 Å². The van der Waals surface area contributed by atoms with Crippen molar-refractivity contribution in [2.75, 3.05) is 19.6 Å². The minimum atomic E-state index is -0.124. The fourth-order valence-corrected chi connectivity index (χ4v) is 3.55. The molecule has 2 heterocycles. The average Bonchev–Trinajstić information content (AvgIpc) is 2.68. The van der Waals surface area contributed by atoms with Crippen molar-refractivity contribution in [3.8, 4) is 0 Å². The van der Waals surface area contributed by atoms with Crippen molar-refractivity contribution in [2.45, 2.75) is 45.1 Å². The second-order valence-electron chi connectivity index (χ2n) is 7.20. The van der Waals surface area contributed by atoms with Gasteiger partial charge in [-0.2, -0.15) is 0 Å². The molecule has 1 saturated heterocycles. The minimum Gasteiger partial charge on any atom is -0.345 e. The number of nitrogens with one attached hydrogen (secondary N) is 1. The number of nitrogens with zero attached hydrogens (tertiary/aromatic N) is 2. The lowest BCUT2D eigenvalue weighted by Crippen LogP contribution is -2.33. The van der Waals surface area contributed by atoms with Gasteiger partial charge >= 0.3 is 0 Å². The number of hydrogen-bond acceptors (Lipinski definition) is 3. The van der Waals surface area contributed by atoms with Crippen molar-refractivity contribution < 1.29 is 4.79 Å². The summed E-state index contributed by atoms with van der Waals surface area (Å²) >= 11 is 0. The van der Waals surface area contributed by atoms with Gasteiger partial charge in [0.05, 0.1) is 6.04 Å². The number of amides is 1. The number of rotatable bonds is 7. The maximum absolute atomic E-state index is 12.6. The van der Waals surface area contributed by atoms with Gasteiger partial charge < -0.3 is 10.2 Å². The zero-order chi connectivity index (χ0) is 18.2. The van der Waals surface area contributed by atoms with Gasteiger partial charge in [0.2, 0.25) is 5.91 Å². The van der Waals surface area contributed by atoms with E-state index in [0.29, 0.717) is 6.42 Å². The quantitative estimate of drug-likeness (QED) is 0.824. The lowest BCUT2D eigenvalue weighted by Gasteiger charge is -2.26. The molecule has 4 heteroatoms. The third kappa shape index (κ3) is 5.40. The summed E-state index contributed by atoms with van der Waals surface area (Å²) in [5.74, 6) is 0.115. The number of carbonyl (C=O) groups excluding carboxylic acids is 1. The summed E-state index contributed by atoms with van der Waals surface area (Å²) in [6.45, 7) is 5.47. The van der Waals surface area contributed by atoms with Crippen LogP contribution in [0.1, 0.15) is 54.8 Å². The van der Waals surface area contributed by atoms with Gasteiger partial charge in [0.15, 0.2) is 0 Å². The van der Waals surface area contributed by atoms with Crippen LogP contribution in [-0.2, 0) is 4.79 Å². The molecule has 0 radical (unpaired) electrons. The summed E-state index contributed by atoms with van der Waals surface area (Å²) in [6.07, 6.45) is 8.99. The Morgan fingerprint density at radius 1 is 1.04 bits per heavy atom. The molecular formula is C22H29N3O. The van der Waals surface area contributed by atoms with Crippen LogP contribution in [0.2, 0.25) is 0 Å². The molecule has 1 aliphatic rings. The van der Waals surface area contributed by atoms with Crippen molar-refractivity contribution in [1.29, 1.82) is 0 Å². The third-order valence-electron chi connectivity index (χ3n) is 5.08. The first-order valence-corrected chi connectivity index (χ1v) is 9.70. The van der Waals surface area contributed by atoms with E-state index in [4.69, 9.17) is 0 Å². The SMILES string of the molecule is Cc1ccc(C(NC(=O)CCCN2CCCCC2)c2ccncc2)cc1. The molecule has 1 amide bonds. The molecule has 1 aromatic carbocycles. The lowest BCUT2D eigenvalue weighted by atomic mass is 9.98. The van der Waals surface area contributed by atoms with Crippen LogP contribution in [0, 0.1) is 6.92 Å². The molecule has 2 aromatic rings. The number of hydrogen-bond donors (Lipinski definition) is 1. The Bertz CT molecular complexity index is 678. The number of aryl methyl sites for hydroxylation is 1. The normalized spacial score (nSPS) is 16.2. The number of piperidine rings is 1. The monoisotopic (exact) mass is 351 g/mol. The van der Waals surface area contributed by atoms with E-state index in [-0.39, 0.29) is 11.9 Å². The van der Waals surface area contributed by atoms with Crippen molar-refractivity contribution in [1.82, 2.24) is 15.2 Å². The summed E-state index contributed by atoms with van der Waals surface area (Å²) in [5, 5.41) is 3.22. The number of pyridine rings is 1. The summed E-state index contributed by atoms with van der Waals surface area (Å²) in [6, 6.07) is 12.2. The molecule has 1 aromatic heterocycles. The highest BCUT2D eigenvalue weighted by Crippen LogP contribution is 2.22. The van der Waals surface area contributed by atoms with Crippen LogP contribution in [0.3, 0.4) is 0 Å². The maximum Gasteiger partial charge on any atom is 0.220 e. The van der Waals surface area contributed by atoms with E-state index < -0.39 is 0 Å². The molecule has 3 rings (SSSR count). The first-order chi connectivity index (χ1) is 12.7. The Labute approximate surface area is 156 Å². The van der Waals surface area contributed by atoms with Gasteiger partial charge in [0, 0.05) is 18.8 Å². The maximum atomic E-state index is 12.6. The van der Waals surface area contributed by atoms with Gasteiger partial charge in [-0.25, -0.2) is 0 Å². The summed E-state index contributed by atoms with van der Waals surface area (Å²) in [4.78, 5) is 19.1. The van der Waals surface area contributed by atoms with E-state index in [1.54, 1.807) is 12.4 Å². The van der Waals surface area contributed by atoms with Gasteiger partial charge in [0.25, 0.3) is 0 Å². The van der Waals surface area contributed by atoms with Crippen molar-refractivity contribution in [2.24, 2.45) is 0 Å². The van der Waals surface area contributed by atoms with Crippen molar-refractivity contribution in [3.63, 3.8) is 0 Å². The molecule has 0 spiro atoms. The molecule has 26 heavy (non-hydrogen) atoms. The van der Waals surface area contributed by atoms with Gasteiger partial charge in [-0.05, 0) is 69.1 Å². The summed E-state index contributed by atoms with van der Waals surface area (Å²) < 4.78 is 0. The zero-order valence-corrected chi connectivity index (χ0v) is 15.7. The fraction of sp³-hybridized carbons (Fsp3) is 0.455. The van der Waals surface area contributed by atoms with E-state index in [9.17, 15) is 4.79 Å². The topological polar surface area (TPSA) is 45.2 Å². The largest absolute Gasteiger partial charge is 0.345 e. The van der Waals surface area contributed by atoms with E-state index in [1.165, 1.54) is 37.9 Å². The summed E-state index contributed by atoms with van der Waals surface area (Å²) in [5.41, 5.74) is 3.38. The number of benzene rings is 1. The second kappa shape index (κ2) is 9.48. The van der Waals surface area contributed by atoms with Gasteiger partial charge in [-0.1, -0.05) is 36.2 Å². The molecular weight excluding hydrogens is 322 g/mol. The van der Waals surface area contributed by atoms with Crippen LogP contribution >= 0.6 is 0 Å². The summed E-state index contributed by atoms with van der Waals surface area (Å²) in [7, 11) is 0. The lowest BCUT2D eigenvalue weighted by molar-refractivity contribution is -0.121. The average molecular weight is 351 g/mol. The standard InChI is InChI=1S/C22H29N3O/c1-18-7-9-19(10-8-18)22(20-11-13-23-14-12-20)24-21(26)6-5-17-25-15-3-2-4-16-25/h7-14,22H,2-6,15-17H2,1H3,(H,24,26). The number of carbonyl (C=O) groups is 1. The van der Waals surface area contributed by atoms with Crippen molar-refractivity contribution in [3.05, 3.63) is 65.5 Å². The Hall–Kier alpha value is -2.20. The van der Waals surface area contributed by atoms with E-state index in [0.717, 1.165) is 24.1 Å². The van der Waals surface area contributed by atoms with E-state index >= 15 is 0 Å². The number of likely N-dealkylation sites (tertiary alicyclic amines) is 1. The first-order valence-electron chi connectivity index (χ1n) is 9.70. The van der Waals surface area contributed by atoms with Crippen molar-refractivity contribution >= 4 is 5.91 Å². The molecule has 0 saturated carbocycles. The molecule has 1 unspecified atom stereocenters. The van der Waals surface area contributed by atoms with Crippen LogP contribution in [0.25, 0.3) is 0 Å². The zero-order valence-electron chi connectivity index (χ0n) is 15.7. The van der Waals surface area contributed by atoms with Crippen LogP contribution < -0.4 is 5.32 Å². The molecule has 138 valence electrons. The third-order valence-corrected chi connectivity index (χ3v) is 5.08. The molecule has 1 N–H and O–H groups in total. The number of aromatic nitrogens is 1. The Morgan fingerprint density at radius 2 is 1.69 bits per heavy atom. The van der Waals surface area contributed by atoms with E-state index in [2.05, 4.69) is 46.4 Å². The minimum absolute atomic E-state index is 0.115. The molecule has 4 nitrogen and oxygen atoms in total. The molecule has 0 bridgehead atoms. The Morgan fingerprint density at radius 3 is 2.38 bits per heavy atom. The molecule has 0 aliphatic carbocycles. The Kier molecular flexibility index (Phi) is 6.78. The highest BCUT2D eigenvalue weighted by atomic mass is 16.1. The van der Waals surface area contributed by atoms with Crippen LogP contribution in [0.15, 0.2) is 48.8 Å². The van der Waals surface area contributed by atoms with Gasteiger partial charge in [-0.3, -0.25) is 9.78 Å². The predicted molar refractivity (Wildman–Crippen MR) is 105 cm³/mol. The first kappa shape index (κ1) is 18.6. The highest BCUT2D eigenvalue weighted by Gasteiger charge is 2.17. The second-order valence-corrected chi connectivity index (χ2v) is 7.20. The van der Waals surface area contributed by atoms with Crippen LogP contribution in [-0.4, -0.2) is 35.4 Å². The van der Waals surface area contributed by atoms with E-state index in [1.807, 2.05) is 12.1 Å². The fourth-order valence-electron chi connectivity index (χ4n) is 3.55. The smallest absolute Gasteiger partial charge is 0.220 e. The van der Waals surface area contributed by atoms with Crippen LogP contribution in [0.5, 0.6) is 0 Å².